The van der Waals surface area contributed by atoms with E-state index < -0.39 is 0 Å². The number of hydrogen-bond acceptors (Lipinski definition) is 3. The van der Waals surface area contributed by atoms with Crippen LogP contribution < -0.4 is 10.6 Å². The lowest BCUT2D eigenvalue weighted by Gasteiger charge is -2.51. The minimum Gasteiger partial charge on any atom is -0.363 e. The Balaban J connectivity index is 1.96. The number of para-hydroxylation sites is 1. The number of hydrogen-bond donors (Lipinski definition) is 1. The average molecular weight is 259 g/mol. The zero-order chi connectivity index (χ0) is 13.3. The van der Waals surface area contributed by atoms with Gasteiger partial charge in [-0.2, -0.15) is 0 Å². The van der Waals surface area contributed by atoms with Crippen molar-refractivity contribution in [1.82, 2.24) is 4.90 Å². The molecule has 3 rings (SSSR count). The molecule has 1 aromatic carbocycles. The number of aryl methyl sites for hydroxylation is 1. The zero-order valence-electron chi connectivity index (χ0n) is 11.9. The largest absolute Gasteiger partial charge is 0.363 e. The number of nitrogens with two attached hydrogens (primary N) is 1. The van der Waals surface area contributed by atoms with Gasteiger partial charge in [0.05, 0.1) is 5.54 Å². The van der Waals surface area contributed by atoms with Crippen molar-refractivity contribution >= 4 is 5.69 Å². The molecule has 0 spiro atoms. The standard InChI is InChI=1S/C16H25N3/c1-18-10-5-9-16(12-17,13-18)19-11-4-7-14-6-2-3-8-15(14)19/h2-3,6,8H,4-5,7,9-13,17H2,1H3. The number of piperidine rings is 1. The van der Waals surface area contributed by atoms with E-state index >= 15 is 0 Å². The van der Waals surface area contributed by atoms with E-state index in [0.717, 1.165) is 19.6 Å². The zero-order valence-corrected chi connectivity index (χ0v) is 11.9. The molecule has 1 fully saturated rings. The van der Waals surface area contributed by atoms with Crippen LogP contribution in [0.25, 0.3) is 0 Å². The Morgan fingerprint density at radius 2 is 2.05 bits per heavy atom. The third-order valence-electron chi connectivity index (χ3n) is 4.81. The molecule has 3 nitrogen and oxygen atoms in total. The van der Waals surface area contributed by atoms with Gasteiger partial charge in [-0.15, -0.1) is 0 Å². The maximum atomic E-state index is 6.22. The lowest BCUT2D eigenvalue weighted by molar-refractivity contribution is 0.172. The van der Waals surface area contributed by atoms with E-state index in [1.54, 1.807) is 0 Å². The quantitative estimate of drug-likeness (QED) is 0.880. The number of anilines is 1. The van der Waals surface area contributed by atoms with Gasteiger partial charge >= 0.3 is 0 Å². The summed E-state index contributed by atoms with van der Waals surface area (Å²) in [6.45, 7) is 4.21. The van der Waals surface area contributed by atoms with Crippen molar-refractivity contribution in [1.29, 1.82) is 0 Å². The summed E-state index contributed by atoms with van der Waals surface area (Å²) in [4.78, 5) is 5.05. The molecule has 2 N–H and O–H groups in total. The van der Waals surface area contributed by atoms with Crippen molar-refractivity contribution in [2.45, 2.75) is 31.2 Å². The fraction of sp³-hybridized carbons (Fsp3) is 0.625. The Bertz CT molecular complexity index is 445. The molecule has 1 atom stereocenters. The van der Waals surface area contributed by atoms with Crippen LogP contribution in [0.5, 0.6) is 0 Å². The molecule has 2 aliphatic rings. The van der Waals surface area contributed by atoms with Crippen LogP contribution in [-0.2, 0) is 6.42 Å². The van der Waals surface area contributed by atoms with Gasteiger partial charge in [0.15, 0.2) is 0 Å². The summed E-state index contributed by atoms with van der Waals surface area (Å²) in [6.07, 6.45) is 4.94. The molecule has 0 bridgehead atoms. The first-order valence-electron chi connectivity index (χ1n) is 7.49. The summed E-state index contributed by atoms with van der Waals surface area (Å²) in [5.41, 5.74) is 9.28. The van der Waals surface area contributed by atoms with E-state index in [1.165, 1.54) is 43.5 Å². The van der Waals surface area contributed by atoms with Crippen LogP contribution >= 0.6 is 0 Å². The number of benzene rings is 1. The van der Waals surface area contributed by atoms with Crippen LogP contribution in [0.15, 0.2) is 24.3 Å². The number of likely N-dealkylation sites (N-methyl/N-ethyl adjacent to an activating group) is 1. The number of likely N-dealkylation sites (tertiary alicyclic amines) is 1. The molecular weight excluding hydrogens is 234 g/mol. The normalized spacial score (nSPS) is 28.2. The Morgan fingerprint density at radius 1 is 1.21 bits per heavy atom. The van der Waals surface area contributed by atoms with Crippen molar-refractivity contribution in [3.05, 3.63) is 29.8 Å². The fourth-order valence-corrected chi connectivity index (χ4v) is 3.86. The van der Waals surface area contributed by atoms with Gasteiger partial charge < -0.3 is 15.5 Å². The monoisotopic (exact) mass is 259 g/mol. The highest BCUT2D eigenvalue weighted by Gasteiger charge is 2.40. The molecule has 1 unspecified atom stereocenters. The Morgan fingerprint density at radius 3 is 2.84 bits per heavy atom. The van der Waals surface area contributed by atoms with E-state index in [2.05, 4.69) is 41.1 Å². The summed E-state index contributed by atoms with van der Waals surface area (Å²) in [7, 11) is 2.22. The minimum absolute atomic E-state index is 0.142. The third-order valence-corrected chi connectivity index (χ3v) is 4.81. The second-order valence-electron chi connectivity index (χ2n) is 6.15. The summed E-state index contributed by atoms with van der Waals surface area (Å²) >= 11 is 0. The van der Waals surface area contributed by atoms with Gasteiger partial charge in [0.1, 0.15) is 0 Å². The van der Waals surface area contributed by atoms with E-state index in [-0.39, 0.29) is 5.54 Å². The topological polar surface area (TPSA) is 32.5 Å². The molecule has 0 aliphatic carbocycles. The van der Waals surface area contributed by atoms with Gasteiger partial charge in [-0.25, -0.2) is 0 Å². The summed E-state index contributed by atoms with van der Waals surface area (Å²) in [5.74, 6) is 0. The molecule has 0 aromatic heterocycles. The molecule has 1 aromatic rings. The van der Waals surface area contributed by atoms with Crippen LogP contribution in [0.2, 0.25) is 0 Å². The highest BCUT2D eigenvalue weighted by Crippen LogP contribution is 2.36. The predicted molar refractivity (Wildman–Crippen MR) is 80.6 cm³/mol. The molecule has 0 radical (unpaired) electrons. The first-order chi connectivity index (χ1) is 9.25. The van der Waals surface area contributed by atoms with E-state index in [1.807, 2.05) is 0 Å². The first-order valence-corrected chi connectivity index (χ1v) is 7.49. The van der Waals surface area contributed by atoms with Gasteiger partial charge in [-0.1, -0.05) is 18.2 Å². The molecule has 0 saturated carbocycles. The fourth-order valence-electron chi connectivity index (χ4n) is 3.86. The van der Waals surface area contributed by atoms with Gasteiger partial charge in [0.25, 0.3) is 0 Å². The molecule has 19 heavy (non-hydrogen) atoms. The first kappa shape index (κ1) is 12.9. The highest BCUT2D eigenvalue weighted by molar-refractivity contribution is 5.58. The predicted octanol–water partition coefficient (Wildman–Crippen LogP) is 1.86. The minimum atomic E-state index is 0.142. The van der Waals surface area contributed by atoms with Gasteiger partial charge in [0, 0.05) is 25.3 Å². The molecule has 3 heteroatoms. The smallest absolute Gasteiger partial charge is 0.0651 e. The van der Waals surface area contributed by atoms with E-state index in [9.17, 15) is 0 Å². The summed E-state index contributed by atoms with van der Waals surface area (Å²) in [5, 5.41) is 0. The van der Waals surface area contributed by atoms with Gasteiger partial charge in [-0.3, -0.25) is 0 Å². The third kappa shape index (κ3) is 2.26. The highest BCUT2D eigenvalue weighted by atomic mass is 15.3. The number of fused-ring (bicyclic) bond motifs is 1. The maximum absolute atomic E-state index is 6.22. The summed E-state index contributed by atoms with van der Waals surface area (Å²) in [6, 6.07) is 8.87. The molecular formula is C16H25N3. The van der Waals surface area contributed by atoms with E-state index in [0.29, 0.717) is 0 Å². The molecule has 1 saturated heterocycles. The van der Waals surface area contributed by atoms with Crippen LogP contribution in [0.1, 0.15) is 24.8 Å². The van der Waals surface area contributed by atoms with Crippen molar-refractivity contribution in [2.24, 2.45) is 5.73 Å². The Hall–Kier alpha value is -1.06. The van der Waals surface area contributed by atoms with Gasteiger partial charge in [0.2, 0.25) is 0 Å². The molecule has 2 aliphatic heterocycles. The summed E-state index contributed by atoms with van der Waals surface area (Å²) < 4.78 is 0. The van der Waals surface area contributed by atoms with Crippen molar-refractivity contribution in [2.75, 3.05) is 38.1 Å². The van der Waals surface area contributed by atoms with Crippen molar-refractivity contribution in [3.8, 4) is 0 Å². The molecule has 2 heterocycles. The van der Waals surface area contributed by atoms with Gasteiger partial charge in [-0.05, 0) is 50.9 Å². The second-order valence-corrected chi connectivity index (χ2v) is 6.15. The molecule has 104 valence electrons. The van der Waals surface area contributed by atoms with Crippen LogP contribution in [-0.4, -0.2) is 43.7 Å². The Labute approximate surface area is 116 Å². The molecule has 0 amide bonds. The number of rotatable bonds is 2. The maximum Gasteiger partial charge on any atom is 0.0651 e. The van der Waals surface area contributed by atoms with Crippen LogP contribution in [0, 0.1) is 0 Å². The lowest BCUT2D eigenvalue weighted by atomic mass is 9.84. The van der Waals surface area contributed by atoms with Crippen LogP contribution in [0.3, 0.4) is 0 Å². The lowest BCUT2D eigenvalue weighted by Crippen LogP contribution is -2.63. The SMILES string of the molecule is CN1CCCC(CN)(N2CCCc3ccccc32)C1. The second kappa shape index (κ2) is 5.14. The average Bonchev–Trinajstić information content (AvgIpc) is 2.46. The van der Waals surface area contributed by atoms with Crippen molar-refractivity contribution < 1.29 is 0 Å². The Kier molecular flexibility index (Phi) is 3.50. The van der Waals surface area contributed by atoms with E-state index in [4.69, 9.17) is 5.73 Å². The number of nitrogens with zero attached hydrogens (tertiary/aromatic N) is 2. The van der Waals surface area contributed by atoms with Crippen LogP contribution in [0.4, 0.5) is 5.69 Å². The van der Waals surface area contributed by atoms with Crippen molar-refractivity contribution in [3.63, 3.8) is 0 Å².